The van der Waals surface area contributed by atoms with Crippen molar-refractivity contribution in [3.8, 4) is 17.3 Å². The Kier molecular flexibility index (Phi) is 7.59. The molecule has 8 rings (SSSR count). The van der Waals surface area contributed by atoms with Crippen LogP contribution >= 0.6 is 11.3 Å². The Hall–Kier alpha value is -4.22. The summed E-state index contributed by atoms with van der Waals surface area (Å²) in [5, 5.41) is 31.4. The van der Waals surface area contributed by atoms with E-state index in [9.17, 15) is 24.7 Å². The predicted octanol–water partition coefficient (Wildman–Crippen LogP) is 4.36. The molecule has 2 aromatic carbocycles. The van der Waals surface area contributed by atoms with Gasteiger partial charge in [0, 0.05) is 68.5 Å². The second-order valence-electron chi connectivity index (χ2n) is 13.6. The molecular formula is C35H35F2N7O3S. The highest BCUT2D eigenvalue weighted by atomic mass is 32.1. The van der Waals surface area contributed by atoms with E-state index in [2.05, 4.69) is 20.9 Å². The van der Waals surface area contributed by atoms with E-state index >= 15 is 4.39 Å². The number of aliphatic hydroxyl groups excluding tert-OH is 2. The summed E-state index contributed by atoms with van der Waals surface area (Å²) in [6.45, 7) is 4.47. The second-order valence-corrected chi connectivity index (χ2v) is 14.6. The first-order valence-corrected chi connectivity index (χ1v) is 17.1. The van der Waals surface area contributed by atoms with Crippen LogP contribution in [0.1, 0.15) is 41.5 Å². The highest BCUT2D eigenvalue weighted by Gasteiger charge is 2.46. The summed E-state index contributed by atoms with van der Waals surface area (Å²) < 4.78 is 29.6. The number of piperidine rings is 1. The average Bonchev–Trinajstić information content (AvgIpc) is 3.65. The highest BCUT2D eigenvalue weighted by molar-refractivity contribution is 7.16. The molecular weight excluding hydrogens is 636 g/mol. The van der Waals surface area contributed by atoms with Gasteiger partial charge in [0.2, 0.25) is 5.91 Å². The minimum Gasteiger partial charge on any atom is -0.389 e. The third-order valence-electron chi connectivity index (χ3n) is 10.5. The van der Waals surface area contributed by atoms with Gasteiger partial charge in [-0.05, 0) is 67.5 Å². The van der Waals surface area contributed by atoms with Gasteiger partial charge in [-0.25, -0.2) is 18.7 Å². The Morgan fingerprint density at radius 3 is 2.54 bits per heavy atom. The number of β-amino-alcohol motifs (C(OH)–C–C–N with tert-alkyl or cyclic N) is 1. The first-order valence-electron chi connectivity index (χ1n) is 16.3. The number of nitrogens with zero attached hydrogens (tertiary/aromatic N) is 7. The van der Waals surface area contributed by atoms with Crippen molar-refractivity contribution in [3.63, 3.8) is 0 Å². The van der Waals surface area contributed by atoms with Crippen LogP contribution in [0.3, 0.4) is 0 Å². The predicted molar refractivity (Wildman–Crippen MR) is 178 cm³/mol. The maximum Gasteiger partial charge on any atom is 0.236 e. The summed E-state index contributed by atoms with van der Waals surface area (Å²) >= 11 is 1.21. The number of aromatic nitrogens is 2. The van der Waals surface area contributed by atoms with Crippen LogP contribution in [-0.2, 0) is 11.2 Å². The molecule has 1 aliphatic carbocycles. The van der Waals surface area contributed by atoms with Crippen molar-refractivity contribution in [2.24, 2.45) is 5.41 Å². The quantitative estimate of drug-likeness (QED) is 0.308. The van der Waals surface area contributed by atoms with Crippen LogP contribution in [0.2, 0.25) is 0 Å². The number of carbonyl (C=O) groups excluding carboxylic acids is 1. The number of hydrogen-bond acceptors (Lipinski definition) is 10. The number of rotatable bonds is 6. The van der Waals surface area contributed by atoms with Gasteiger partial charge < -0.3 is 24.9 Å². The number of anilines is 3. The molecule has 10 nitrogen and oxygen atoms in total. The van der Waals surface area contributed by atoms with E-state index < -0.39 is 18.0 Å². The van der Waals surface area contributed by atoms with E-state index in [4.69, 9.17) is 4.98 Å². The Balaban J connectivity index is 1.07. The Morgan fingerprint density at radius 2 is 1.85 bits per heavy atom. The van der Waals surface area contributed by atoms with E-state index in [1.54, 1.807) is 17.0 Å². The summed E-state index contributed by atoms with van der Waals surface area (Å²) in [4.78, 5) is 30.2. The molecule has 3 fully saturated rings. The van der Waals surface area contributed by atoms with Crippen LogP contribution in [0.25, 0.3) is 22.2 Å². The Morgan fingerprint density at radius 1 is 1.12 bits per heavy atom. The summed E-state index contributed by atoms with van der Waals surface area (Å²) in [5.41, 5.74) is 4.17. The number of fused-ring (bicyclic) bond motifs is 2. The van der Waals surface area contributed by atoms with Crippen LogP contribution in [0.5, 0.6) is 0 Å². The standard InChI is InChI=1S/C35H35F2N7O3S/c1-41(34-40-30(28(14-38)48-34)20-2-4-21(36)5-3-20)33-24-6-7-27(46)32(24)39-31-25(33)12-22(13-26(31)37)43-10-8-35(9-11-43)18-42(19-35)17-29(47)44-15-23(45)16-44/h2-5,12-13,23,27,45-46H,6-11,15-19H2,1H3. The van der Waals surface area contributed by atoms with Crippen molar-refractivity contribution in [1.82, 2.24) is 19.8 Å². The largest absolute Gasteiger partial charge is 0.389 e. The van der Waals surface area contributed by atoms with Crippen molar-refractivity contribution >= 4 is 44.7 Å². The third-order valence-corrected chi connectivity index (χ3v) is 11.5. The molecule has 0 radical (unpaired) electrons. The van der Waals surface area contributed by atoms with Gasteiger partial charge in [-0.1, -0.05) is 11.3 Å². The molecule has 13 heteroatoms. The molecule has 248 valence electrons. The number of halogens is 2. The number of likely N-dealkylation sites (tertiary alicyclic amines) is 2. The fraction of sp³-hybridized carbons (Fsp3) is 0.429. The number of aliphatic hydroxyl groups is 2. The minimum atomic E-state index is -0.801. The van der Waals surface area contributed by atoms with Gasteiger partial charge in [0.25, 0.3) is 0 Å². The first-order chi connectivity index (χ1) is 23.1. The van der Waals surface area contributed by atoms with Gasteiger partial charge in [-0.3, -0.25) is 9.69 Å². The number of nitriles is 1. The number of pyridine rings is 1. The van der Waals surface area contributed by atoms with E-state index in [1.165, 1.54) is 29.5 Å². The molecule has 1 amide bonds. The van der Waals surface area contributed by atoms with Crippen LogP contribution in [0.4, 0.5) is 25.3 Å². The number of benzene rings is 2. The van der Waals surface area contributed by atoms with Crippen LogP contribution in [0.15, 0.2) is 36.4 Å². The molecule has 2 N–H and O–H groups in total. The van der Waals surface area contributed by atoms with E-state index in [0.717, 1.165) is 50.3 Å². The smallest absolute Gasteiger partial charge is 0.236 e. The molecule has 5 heterocycles. The number of thiazole rings is 1. The fourth-order valence-corrected chi connectivity index (χ4v) is 8.66. The first kappa shape index (κ1) is 31.1. The van der Waals surface area contributed by atoms with Gasteiger partial charge in [0.15, 0.2) is 10.9 Å². The van der Waals surface area contributed by atoms with Crippen molar-refractivity contribution in [2.75, 3.05) is 62.7 Å². The van der Waals surface area contributed by atoms with Gasteiger partial charge in [-0.15, -0.1) is 0 Å². The lowest BCUT2D eigenvalue weighted by Crippen LogP contribution is -2.63. The lowest BCUT2D eigenvalue weighted by atomic mass is 9.72. The van der Waals surface area contributed by atoms with Gasteiger partial charge in [0.05, 0.1) is 30.1 Å². The zero-order valence-electron chi connectivity index (χ0n) is 26.5. The molecule has 0 saturated carbocycles. The molecule has 4 aliphatic rings. The maximum absolute atomic E-state index is 16.0. The van der Waals surface area contributed by atoms with Crippen molar-refractivity contribution in [3.05, 3.63) is 64.2 Å². The normalized spacial score (nSPS) is 20.5. The van der Waals surface area contributed by atoms with Crippen LogP contribution in [0, 0.1) is 28.4 Å². The van der Waals surface area contributed by atoms with E-state index in [0.29, 0.717) is 70.5 Å². The molecule has 3 aliphatic heterocycles. The third kappa shape index (κ3) is 5.27. The van der Waals surface area contributed by atoms with Gasteiger partial charge >= 0.3 is 0 Å². The maximum atomic E-state index is 16.0. The Labute approximate surface area is 280 Å². The highest BCUT2D eigenvalue weighted by Crippen LogP contribution is 2.47. The molecule has 48 heavy (non-hydrogen) atoms. The number of carbonyl (C=O) groups is 1. The summed E-state index contributed by atoms with van der Waals surface area (Å²) in [6.07, 6.45) is 1.71. The van der Waals surface area contributed by atoms with Crippen LogP contribution in [-0.4, -0.2) is 94.9 Å². The minimum absolute atomic E-state index is 0.0703. The zero-order chi connectivity index (χ0) is 33.3. The van der Waals surface area contributed by atoms with Crippen molar-refractivity contribution in [2.45, 2.75) is 37.9 Å². The lowest BCUT2D eigenvalue weighted by molar-refractivity contribution is -0.146. The molecule has 3 saturated heterocycles. The summed E-state index contributed by atoms with van der Waals surface area (Å²) in [6, 6.07) is 11.6. The van der Waals surface area contributed by atoms with Gasteiger partial charge in [-0.2, -0.15) is 5.26 Å². The second kappa shape index (κ2) is 11.7. The molecule has 1 spiro atoms. The van der Waals surface area contributed by atoms with Crippen LogP contribution < -0.4 is 9.80 Å². The molecule has 1 atom stereocenters. The van der Waals surface area contributed by atoms with Gasteiger partial charge in [0.1, 0.15) is 28.0 Å². The fourth-order valence-electron chi connectivity index (χ4n) is 7.80. The lowest BCUT2D eigenvalue weighted by Gasteiger charge is -2.54. The van der Waals surface area contributed by atoms with Crippen molar-refractivity contribution in [1.29, 1.82) is 5.26 Å². The molecule has 2 aromatic heterocycles. The zero-order valence-corrected chi connectivity index (χ0v) is 27.3. The Bertz CT molecular complexity index is 1960. The van der Waals surface area contributed by atoms with E-state index in [-0.39, 0.29) is 22.7 Å². The summed E-state index contributed by atoms with van der Waals surface area (Å²) in [5.74, 6) is -0.775. The van der Waals surface area contributed by atoms with E-state index in [1.807, 2.05) is 18.0 Å². The molecule has 1 unspecified atom stereocenters. The molecule has 4 aromatic rings. The SMILES string of the molecule is CN(c1nc(-c2ccc(F)cc2)c(C#N)s1)c1c2c(nc3c(F)cc(N4CCC5(CC4)CN(CC(=O)N4CC(O)C4)C5)cc13)C(O)CC2. The molecule has 0 bridgehead atoms. The average molecular weight is 672 g/mol. The number of hydrogen-bond donors (Lipinski definition) is 2. The van der Waals surface area contributed by atoms with Crippen molar-refractivity contribution < 1.29 is 23.8 Å². The topological polar surface area (TPSA) is 120 Å². The number of amides is 1. The summed E-state index contributed by atoms with van der Waals surface area (Å²) in [7, 11) is 1.83. The monoisotopic (exact) mass is 671 g/mol.